The Balaban J connectivity index is 2.51. The molecule has 0 atom stereocenters. The average Bonchev–Trinajstić information content (AvgIpc) is 2.40. The van der Waals surface area contributed by atoms with Crippen molar-refractivity contribution in [2.75, 3.05) is 5.32 Å². The molecule has 0 amide bonds. The maximum Gasteiger partial charge on any atom is 0.185 e. The molecule has 0 saturated carbocycles. The molecule has 0 bridgehead atoms. The van der Waals surface area contributed by atoms with Crippen LogP contribution in [-0.4, -0.2) is 4.98 Å². The molecular formula is C12H4ClF4N3. The van der Waals surface area contributed by atoms with Crippen molar-refractivity contribution >= 4 is 23.1 Å². The molecule has 0 aliphatic heterocycles. The molecule has 0 spiro atoms. The summed E-state index contributed by atoms with van der Waals surface area (Å²) < 4.78 is 52.9. The summed E-state index contributed by atoms with van der Waals surface area (Å²) in [6.45, 7) is 0. The van der Waals surface area contributed by atoms with E-state index in [0.29, 0.717) is 0 Å². The molecule has 20 heavy (non-hydrogen) atoms. The predicted molar refractivity (Wildman–Crippen MR) is 63.5 cm³/mol. The molecule has 0 aliphatic rings. The lowest BCUT2D eigenvalue weighted by Crippen LogP contribution is -2.04. The van der Waals surface area contributed by atoms with Crippen LogP contribution < -0.4 is 5.32 Å². The summed E-state index contributed by atoms with van der Waals surface area (Å²) in [5.74, 6) is -6.56. The van der Waals surface area contributed by atoms with Gasteiger partial charge in [-0.3, -0.25) is 0 Å². The van der Waals surface area contributed by atoms with E-state index in [2.05, 4.69) is 10.3 Å². The third-order valence-corrected chi connectivity index (χ3v) is 2.48. The van der Waals surface area contributed by atoms with E-state index in [0.717, 1.165) is 6.07 Å². The Morgan fingerprint density at radius 1 is 1.05 bits per heavy atom. The van der Waals surface area contributed by atoms with E-state index in [1.165, 1.54) is 6.07 Å². The first-order valence-electron chi connectivity index (χ1n) is 5.10. The van der Waals surface area contributed by atoms with Crippen LogP contribution in [0.25, 0.3) is 0 Å². The molecule has 1 aromatic carbocycles. The minimum atomic E-state index is -1.61. The largest absolute Gasteiger partial charge is 0.335 e. The molecule has 2 aromatic rings. The van der Waals surface area contributed by atoms with Gasteiger partial charge in [0.1, 0.15) is 16.7 Å². The highest BCUT2D eigenvalue weighted by atomic mass is 35.5. The number of nitriles is 1. The van der Waals surface area contributed by atoms with Gasteiger partial charge in [-0.05, 0) is 12.1 Å². The molecular weight excluding hydrogens is 298 g/mol. The van der Waals surface area contributed by atoms with Crippen LogP contribution in [0.3, 0.4) is 0 Å². The van der Waals surface area contributed by atoms with Crippen LogP contribution in [0.2, 0.25) is 5.15 Å². The van der Waals surface area contributed by atoms with Crippen LogP contribution in [0.15, 0.2) is 18.2 Å². The summed E-state index contributed by atoms with van der Waals surface area (Å²) in [4.78, 5) is 3.64. The molecule has 8 heteroatoms. The third kappa shape index (κ3) is 2.65. The highest BCUT2D eigenvalue weighted by Crippen LogP contribution is 2.27. The number of benzene rings is 1. The Labute approximate surface area is 115 Å². The second-order valence-electron chi connectivity index (χ2n) is 3.64. The number of hydrogen-bond donors (Lipinski definition) is 1. The summed E-state index contributed by atoms with van der Waals surface area (Å²) in [5.41, 5.74) is -0.994. The van der Waals surface area contributed by atoms with Crippen molar-refractivity contribution in [1.82, 2.24) is 4.98 Å². The van der Waals surface area contributed by atoms with Crippen molar-refractivity contribution in [2.24, 2.45) is 0 Å². The van der Waals surface area contributed by atoms with Gasteiger partial charge in [0.15, 0.2) is 23.3 Å². The molecule has 1 heterocycles. The maximum absolute atomic E-state index is 13.4. The Morgan fingerprint density at radius 2 is 1.65 bits per heavy atom. The molecule has 0 fully saturated rings. The Morgan fingerprint density at radius 3 is 2.20 bits per heavy atom. The lowest BCUT2D eigenvalue weighted by molar-refractivity contribution is 0.459. The Kier molecular flexibility index (Phi) is 3.77. The van der Waals surface area contributed by atoms with E-state index in [1.807, 2.05) is 0 Å². The van der Waals surface area contributed by atoms with Gasteiger partial charge in [0.05, 0.1) is 11.6 Å². The van der Waals surface area contributed by atoms with Gasteiger partial charge >= 0.3 is 0 Å². The Bertz CT molecular complexity index is 701. The van der Waals surface area contributed by atoms with E-state index in [9.17, 15) is 17.6 Å². The van der Waals surface area contributed by atoms with Gasteiger partial charge in [-0.2, -0.15) is 5.26 Å². The van der Waals surface area contributed by atoms with Gasteiger partial charge in [-0.15, -0.1) is 0 Å². The molecule has 1 N–H and O–H groups in total. The summed E-state index contributed by atoms with van der Waals surface area (Å²) in [7, 11) is 0. The quantitative estimate of drug-likeness (QED) is 0.520. The minimum absolute atomic E-state index is 0.0604. The zero-order valence-corrected chi connectivity index (χ0v) is 10.3. The second kappa shape index (κ2) is 5.35. The lowest BCUT2D eigenvalue weighted by atomic mass is 10.2. The number of nitrogens with one attached hydrogen (secondary N) is 1. The van der Waals surface area contributed by atoms with Crippen LogP contribution in [0, 0.1) is 34.6 Å². The number of pyridine rings is 1. The number of nitrogens with zero attached hydrogens (tertiary/aromatic N) is 2. The molecule has 3 nitrogen and oxygen atoms in total. The van der Waals surface area contributed by atoms with Crippen molar-refractivity contribution in [3.63, 3.8) is 0 Å². The smallest absolute Gasteiger partial charge is 0.185 e. The van der Waals surface area contributed by atoms with Gasteiger partial charge in [0.2, 0.25) is 0 Å². The number of halogens is 5. The highest BCUT2D eigenvalue weighted by Gasteiger charge is 2.19. The number of aromatic nitrogens is 1. The SMILES string of the molecule is N#Cc1cc(Cl)nc(Nc2c(F)c(F)cc(F)c2F)c1. The van der Waals surface area contributed by atoms with Gasteiger partial charge in [0.25, 0.3) is 0 Å². The van der Waals surface area contributed by atoms with E-state index >= 15 is 0 Å². The van der Waals surface area contributed by atoms with Gasteiger partial charge in [-0.25, -0.2) is 22.5 Å². The van der Waals surface area contributed by atoms with E-state index in [4.69, 9.17) is 16.9 Å². The monoisotopic (exact) mass is 301 g/mol. The van der Waals surface area contributed by atoms with Gasteiger partial charge in [-0.1, -0.05) is 11.6 Å². The van der Waals surface area contributed by atoms with Crippen molar-refractivity contribution < 1.29 is 17.6 Å². The predicted octanol–water partition coefficient (Wildman–Crippen LogP) is 3.91. The normalized spacial score (nSPS) is 10.2. The third-order valence-electron chi connectivity index (χ3n) is 2.29. The fraction of sp³-hybridized carbons (Fsp3) is 0. The summed E-state index contributed by atoms with van der Waals surface area (Å²) in [6.07, 6.45) is 0. The van der Waals surface area contributed by atoms with Crippen molar-refractivity contribution in [1.29, 1.82) is 5.26 Å². The van der Waals surface area contributed by atoms with Gasteiger partial charge in [0, 0.05) is 6.07 Å². The zero-order chi connectivity index (χ0) is 14.9. The second-order valence-corrected chi connectivity index (χ2v) is 4.03. The number of rotatable bonds is 2. The van der Waals surface area contributed by atoms with Crippen LogP contribution >= 0.6 is 11.6 Å². The van der Waals surface area contributed by atoms with E-state index < -0.39 is 29.0 Å². The fourth-order valence-corrected chi connectivity index (χ4v) is 1.65. The van der Waals surface area contributed by atoms with E-state index in [-0.39, 0.29) is 22.6 Å². The summed E-state index contributed by atoms with van der Waals surface area (Å²) in [6, 6.07) is 4.16. The van der Waals surface area contributed by atoms with Gasteiger partial charge < -0.3 is 5.32 Å². The van der Waals surface area contributed by atoms with E-state index in [1.54, 1.807) is 6.07 Å². The highest BCUT2D eigenvalue weighted by molar-refractivity contribution is 6.29. The van der Waals surface area contributed by atoms with Crippen LogP contribution in [0.4, 0.5) is 29.1 Å². The standard InChI is InChI=1S/C12H4ClF4N3/c13-8-1-5(4-18)2-9(19-8)20-12-10(16)6(14)3-7(15)11(12)17/h1-3H,(H,19,20). The first-order chi connectivity index (χ1) is 9.42. The molecule has 1 aromatic heterocycles. The molecule has 0 saturated heterocycles. The molecule has 102 valence electrons. The molecule has 0 unspecified atom stereocenters. The molecule has 0 radical (unpaired) electrons. The lowest BCUT2D eigenvalue weighted by Gasteiger charge is -2.09. The first kappa shape index (κ1) is 14.1. The van der Waals surface area contributed by atoms with Crippen LogP contribution in [-0.2, 0) is 0 Å². The summed E-state index contributed by atoms with van der Waals surface area (Å²) in [5, 5.41) is 10.7. The minimum Gasteiger partial charge on any atom is -0.335 e. The van der Waals surface area contributed by atoms with Crippen LogP contribution in [0.5, 0.6) is 0 Å². The first-order valence-corrected chi connectivity index (χ1v) is 5.48. The summed E-state index contributed by atoms with van der Waals surface area (Å²) >= 11 is 5.60. The maximum atomic E-state index is 13.4. The van der Waals surface area contributed by atoms with Crippen molar-refractivity contribution in [2.45, 2.75) is 0 Å². The Hall–Kier alpha value is -2.33. The molecule has 0 aliphatic carbocycles. The topological polar surface area (TPSA) is 48.7 Å². The zero-order valence-electron chi connectivity index (χ0n) is 9.52. The average molecular weight is 302 g/mol. The van der Waals surface area contributed by atoms with Crippen molar-refractivity contribution in [3.05, 3.63) is 52.2 Å². The fourth-order valence-electron chi connectivity index (χ4n) is 1.44. The van der Waals surface area contributed by atoms with Crippen LogP contribution in [0.1, 0.15) is 5.56 Å². The van der Waals surface area contributed by atoms with Crippen molar-refractivity contribution in [3.8, 4) is 6.07 Å². The number of hydrogen-bond acceptors (Lipinski definition) is 3. The molecule has 2 rings (SSSR count). The number of anilines is 2.